The van der Waals surface area contributed by atoms with Crippen molar-refractivity contribution in [2.75, 3.05) is 7.05 Å². The van der Waals surface area contributed by atoms with E-state index >= 15 is 0 Å². The summed E-state index contributed by atoms with van der Waals surface area (Å²) in [5.74, 6) is 0.418. The highest BCUT2D eigenvalue weighted by atomic mass is 19.5. The van der Waals surface area contributed by atoms with E-state index in [1.54, 1.807) is 0 Å². The lowest BCUT2D eigenvalue weighted by Crippen LogP contribution is -2.40. The Labute approximate surface area is 138 Å². The van der Waals surface area contributed by atoms with Gasteiger partial charge in [-0.3, -0.25) is 0 Å². The Hall–Kier alpha value is -1.86. The second kappa shape index (κ2) is 5.90. The summed E-state index contributed by atoms with van der Waals surface area (Å²) >= 11 is 0. The zero-order chi connectivity index (χ0) is 17.5. The van der Waals surface area contributed by atoms with Crippen molar-refractivity contribution in [2.45, 2.75) is 25.1 Å². The molecule has 1 fully saturated rings. The molecule has 24 heavy (non-hydrogen) atoms. The molecule has 0 saturated carbocycles. The number of hydrogen-bond acceptors (Lipinski definition) is 1. The average Bonchev–Trinajstić information content (AvgIpc) is 3.21. The zero-order valence-corrected chi connectivity index (χ0v) is 13.4. The van der Waals surface area contributed by atoms with Crippen molar-refractivity contribution in [3.8, 4) is 0 Å². The van der Waals surface area contributed by atoms with Crippen LogP contribution < -0.4 is 0 Å². The van der Waals surface area contributed by atoms with Crippen molar-refractivity contribution in [3.63, 3.8) is 0 Å². The zero-order valence-electron chi connectivity index (χ0n) is 13.4. The molecule has 0 bridgehead atoms. The summed E-state index contributed by atoms with van der Waals surface area (Å²) in [6.07, 6.45) is 0.242. The van der Waals surface area contributed by atoms with Crippen LogP contribution in [0.5, 0.6) is 0 Å². The van der Waals surface area contributed by atoms with Gasteiger partial charge in [-0.25, -0.2) is 0 Å². The SMILES string of the molecule is C[C@@H]1[C@@H](c2ccccc2)c2ccccc2[C@@H]2O[N@+]12C.F[B-](F)(F)F. The van der Waals surface area contributed by atoms with Crippen molar-refractivity contribution in [2.24, 2.45) is 0 Å². The first-order chi connectivity index (χ1) is 11.2. The van der Waals surface area contributed by atoms with Crippen LogP contribution in [0.3, 0.4) is 0 Å². The van der Waals surface area contributed by atoms with Crippen molar-refractivity contribution in [3.05, 3.63) is 71.3 Å². The average molecular weight is 339 g/mol. The number of nitrogens with zero attached hydrogens (tertiary/aromatic N) is 1. The van der Waals surface area contributed by atoms with Gasteiger partial charge in [0.15, 0.2) is 0 Å². The van der Waals surface area contributed by atoms with E-state index in [4.69, 9.17) is 4.84 Å². The van der Waals surface area contributed by atoms with Crippen LogP contribution in [0.15, 0.2) is 54.6 Å². The van der Waals surface area contributed by atoms with E-state index in [2.05, 4.69) is 68.6 Å². The van der Waals surface area contributed by atoms with E-state index in [9.17, 15) is 17.3 Å². The fraction of sp³-hybridized carbons (Fsp3) is 0.294. The number of hydroxylamine groups is 3. The number of rotatable bonds is 1. The summed E-state index contributed by atoms with van der Waals surface area (Å²) in [5, 5.41) is 0. The monoisotopic (exact) mass is 339 g/mol. The molecule has 4 atom stereocenters. The molecule has 2 aromatic carbocycles. The minimum Gasteiger partial charge on any atom is -0.418 e. The Kier molecular flexibility index (Phi) is 4.17. The molecule has 0 aliphatic carbocycles. The molecule has 2 heterocycles. The minimum atomic E-state index is -6.00. The number of benzene rings is 2. The van der Waals surface area contributed by atoms with Gasteiger partial charge in [-0.15, -0.1) is 9.48 Å². The molecule has 2 aliphatic heterocycles. The molecular weight excluding hydrogens is 321 g/mol. The Bertz CT molecular complexity index is 718. The number of fused-ring (bicyclic) bond motifs is 3. The number of halogens is 4. The molecule has 0 amide bonds. The van der Waals surface area contributed by atoms with Crippen LogP contribution in [-0.2, 0) is 4.84 Å². The van der Waals surface area contributed by atoms with Crippen LogP contribution in [-0.4, -0.2) is 25.0 Å². The lowest BCUT2D eigenvalue weighted by molar-refractivity contribution is -0.929. The molecule has 2 aliphatic rings. The Morgan fingerprint density at radius 3 is 1.96 bits per heavy atom. The molecule has 0 N–H and O–H groups in total. The summed E-state index contributed by atoms with van der Waals surface area (Å²) in [6, 6.07) is 20.0. The van der Waals surface area contributed by atoms with E-state index in [0.29, 0.717) is 12.0 Å². The molecule has 2 aromatic rings. The first-order valence-electron chi connectivity index (χ1n) is 7.77. The predicted octanol–water partition coefficient (Wildman–Crippen LogP) is 4.91. The molecule has 4 rings (SSSR count). The van der Waals surface area contributed by atoms with Crippen molar-refractivity contribution in [1.29, 1.82) is 0 Å². The van der Waals surface area contributed by atoms with E-state index in [0.717, 1.165) is 4.65 Å². The van der Waals surface area contributed by atoms with Gasteiger partial charge in [0.2, 0.25) is 0 Å². The number of likely N-dealkylation sites (N-methyl/N-ethyl adjacent to an activating group) is 1. The van der Waals surface area contributed by atoms with Crippen LogP contribution in [0.4, 0.5) is 17.3 Å². The largest absolute Gasteiger partial charge is 0.673 e. The fourth-order valence-electron chi connectivity index (χ4n) is 3.52. The van der Waals surface area contributed by atoms with Crippen molar-refractivity contribution < 1.29 is 26.7 Å². The van der Waals surface area contributed by atoms with Gasteiger partial charge < -0.3 is 17.3 Å². The van der Waals surface area contributed by atoms with Crippen LogP contribution in [0, 0.1) is 0 Å². The summed E-state index contributed by atoms with van der Waals surface area (Å²) in [4.78, 5) is 5.99. The standard InChI is InChI=1S/C17H18NO.BF4/c1-12-16(13-8-4-3-5-9-13)14-10-6-7-11-15(14)17-18(12,2)19-17;2-1(3,4)5/h3-12,16-17H,1-2H3;/q+1;-1/t12-,16+,17+,18-;/m1./s1. The van der Waals surface area contributed by atoms with E-state index < -0.39 is 7.25 Å². The van der Waals surface area contributed by atoms with Crippen LogP contribution in [0.2, 0.25) is 0 Å². The summed E-state index contributed by atoms with van der Waals surface area (Å²) in [5.41, 5.74) is 4.17. The molecular formula is C17H18BF4NO. The molecule has 0 radical (unpaired) electrons. The third kappa shape index (κ3) is 3.19. The quantitative estimate of drug-likeness (QED) is 0.311. The van der Waals surface area contributed by atoms with Crippen molar-refractivity contribution >= 4 is 7.25 Å². The lowest BCUT2D eigenvalue weighted by atomic mass is 9.80. The first-order valence-corrected chi connectivity index (χ1v) is 7.77. The Balaban J connectivity index is 0.000000300. The summed E-state index contributed by atoms with van der Waals surface area (Å²) in [6.45, 7) is 2.30. The number of hydrogen-bond donors (Lipinski definition) is 0. The van der Waals surface area contributed by atoms with Crippen molar-refractivity contribution in [1.82, 2.24) is 0 Å². The Morgan fingerprint density at radius 1 is 0.875 bits per heavy atom. The molecule has 7 heteroatoms. The van der Waals surface area contributed by atoms with Gasteiger partial charge in [0.25, 0.3) is 6.23 Å². The predicted molar refractivity (Wildman–Crippen MR) is 84.4 cm³/mol. The summed E-state index contributed by atoms with van der Waals surface area (Å²) in [7, 11) is -3.80. The first kappa shape index (κ1) is 17.0. The maximum atomic E-state index is 9.75. The summed E-state index contributed by atoms with van der Waals surface area (Å²) < 4.78 is 39.7. The Morgan fingerprint density at radius 2 is 1.38 bits per heavy atom. The van der Waals surface area contributed by atoms with Gasteiger partial charge >= 0.3 is 7.25 Å². The third-order valence-corrected chi connectivity index (χ3v) is 4.79. The number of quaternary nitrogens is 1. The van der Waals surface area contributed by atoms with Gasteiger partial charge in [0.1, 0.15) is 13.1 Å². The van der Waals surface area contributed by atoms with Gasteiger partial charge in [-0.05, 0) is 24.1 Å². The highest BCUT2D eigenvalue weighted by Crippen LogP contribution is 2.57. The highest BCUT2D eigenvalue weighted by molar-refractivity contribution is 6.50. The highest BCUT2D eigenvalue weighted by Gasteiger charge is 2.66. The second-order valence-electron chi connectivity index (χ2n) is 6.27. The van der Waals surface area contributed by atoms with E-state index in [-0.39, 0.29) is 6.23 Å². The second-order valence-corrected chi connectivity index (χ2v) is 6.27. The maximum Gasteiger partial charge on any atom is 0.673 e. The van der Waals surface area contributed by atoms with E-state index in [1.807, 2.05) is 0 Å². The van der Waals surface area contributed by atoms with Gasteiger partial charge in [-0.1, -0.05) is 48.5 Å². The maximum absolute atomic E-state index is 9.75. The molecule has 128 valence electrons. The third-order valence-electron chi connectivity index (χ3n) is 4.79. The van der Waals surface area contributed by atoms with Crippen LogP contribution in [0.25, 0.3) is 0 Å². The topological polar surface area (TPSA) is 12.5 Å². The van der Waals surface area contributed by atoms with Gasteiger partial charge in [0.05, 0.1) is 11.5 Å². The molecule has 0 unspecified atom stereocenters. The normalized spacial score (nSPS) is 30.5. The van der Waals surface area contributed by atoms with Crippen LogP contribution >= 0.6 is 0 Å². The van der Waals surface area contributed by atoms with Gasteiger partial charge in [0, 0.05) is 0 Å². The smallest absolute Gasteiger partial charge is 0.418 e. The molecule has 0 aromatic heterocycles. The lowest BCUT2D eigenvalue weighted by Gasteiger charge is -2.31. The van der Waals surface area contributed by atoms with Crippen LogP contribution in [0.1, 0.15) is 35.8 Å². The van der Waals surface area contributed by atoms with Gasteiger partial charge in [-0.2, -0.15) is 0 Å². The molecule has 1 saturated heterocycles. The molecule has 0 spiro atoms. The minimum absolute atomic E-state index is 0.242. The fourth-order valence-corrected chi connectivity index (χ4v) is 3.52. The molecule has 2 nitrogen and oxygen atoms in total. The van der Waals surface area contributed by atoms with E-state index in [1.165, 1.54) is 16.7 Å².